The molecular weight excluding hydrogens is 435 g/mol. The highest BCUT2D eigenvalue weighted by Crippen LogP contribution is 2.36. The molecule has 1 saturated heterocycles. The van der Waals surface area contributed by atoms with Gasteiger partial charge in [0.1, 0.15) is 10.6 Å². The zero-order valence-electron chi connectivity index (χ0n) is 17.5. The number of nitrogens with one attached hydrogen (secondary N) is 2. The topological polar surface area (TPSA) is 78.1 Å². The molecule has 0 spiro atoms. The molecule has 0 aliphatic carbocycles. The Labute approximate surface area is 188 Å². The number of fused-ring (bicyclic) bond motifs is 1. The lowest BCUT2D eigenvalue weighted by Crippen LogP contribution is -2.45. The van der Waals surface area contributed by atoms with Crippen LogP contribution < -0.4 is 10.9 Å². The summed E-state index contributed by atoms with van der Waals surface area (Å²) in [7, 11) is 0. The SMILES string of the molecule is CCN1CCC(NC(=O)CSc2nc3sc(C)c(-c4ccc(F)cc4)c3c(=O)[nH]2)CC1. The van der Waals surface area contributed by atoms with Gasteiger partial charge in [-0.25, -0.2) is 9.37 Å². The Bertz CT molecular complexity index is 1130. The summed E-state index contributed by atoms with van der Waals surface area (Å²) in [4.78, 5) is 36.5. The van der Waals surface area contributed by atoms with E-state index in [4.69, 9.17) is 0 Å². The third-order valence-electron chi connectivity index (χ3n) is 5.59. The highest BCUT2D eigenvalue weighted by molar-refractivity contribution is 7.99. The van der Waals surface area contributed by atoms with Crippen LogP contribution >= 0.6 is 23.1 Å². The number of amides is 1. The Morgan fingerprint density at radius 3 is 2.71 bits per heavy atom. The Hall–Kier alpha value is -2.23. The van der Waals surface area contributed by atoms with E-state index in [1.54, 1.807) is 12.1 Å². The third-order valence-corrected chi connectivity index (χ3v) is 7.46. The molecule has 4 rings (SSSR count). The summed E-state index contributed by atoms with van der Waals surface area (Å²) in [6.45, 7) is 7.14. The zero-order chi connectivity index (χ0) is 22.0. The Morgan fingerprint density at radius 1 is 1.32 bits per heavy atom. The number of likely N-dealkylation sites (tertiary alicyclic amines) is 1. The first-order chi connectivity index (χ1) is 14.9. The number of hydrogen-bond donors (Lipinski definition) is 2. The Morgan fingerprint density at radius 2 is 2.03 bits per heavy atom. The predicted molar refractivity (Wildman–Crippen MR) is 124 cm³/mol. The van der Waals surface area contributed by atoms with Crippen LogP contribution in [0.5, 0.6) is 0 Å². The molecule has 164 valence electrons. The number of carbonyl (C=O) groups is 1. The second-order valence-corrected chi connectivity index (χ2v) is 9.82. The molecule has 1 amide bonds. The first-order valence-corrected chi connectivity index (χ1v) is 12.2. The normalized spacial score (nSPS) is 15.5. The van der Waals surface area contributed by atoms with Crippen LogP contribution in [0, 0.1) is 12.7 Å². The van der Waals surface area contributed by atoms with Gasteiger partial charge in [0.15, 0.2) is 5.16 Å². The number of hydrogen-bond acceptors (Lipinski definition) is 6. The lowest BCUT2D eigenvalue weighted by atomic mass is 10.0. The molecule has 2 N–H and O–H groups in total. The van der Waals surface area contributed by atoms with Gasteiger partial charge in [0.2, 0.25) is 5.91 Å². The van der Waals surface area contributed by atoms with Gasteiger partial charge in [0.25, 0.3) is 5.56 Å². The lowest BCUT2D eigenvalue weighted by molar-refractivity contribution is -0.119. The minimum absolute atomic E-state index is 0.0444. The van der Waals surface area contributed by atoms with Crippen LogP contribution in [0.2, 0.25) is 0 Å². The molecule has 0 unspecified atom stereocenters. The molecule has 0 saturated carbocycles. The molecule has 0 radical (unpaired) electrons. The van der Waals surface area contributed by atoms with E-state index in [0.717, 1.165) is 48.5 Å². The van der Waals surface area contributed by atoms with Gasteiger partial charge in [0, 0.05) is 29.6 Å². The van der Waals surface area contributed by atoms with Crippen LogP contribution in [-0.2, 0) is 4.79 Å². The monoisotopic (exact) mass is 460 g/mol. The van der Waals surface area contributed by atoms with Gasteiger partial charge >= 0.3 is 0 Å². The second kappa shape index (κ2) is 9.50. The predicted octanol–water partition coefficient (Wildman–Crippen LogP) is 3.79. The van der Waals surface area contributed by atoms with Crippen LogP contribution in [0.1, 0.15) is 24.6 Å². The standard InChI is InChI=1S/C22H25FN4O2S2/c1-3-27-10-8-16(9-11-27)24-17(28)12-30-22-25-20(29)19-18(13(2)31-21(19)26-22)14-4-6-15(23)7-5-14/h4-7,16H,3,8-12H2,1-2H3,(H,24,28)(H,25,26,29). The van der Waals surface area contributed by atoms with E-state index in [9.17, 15) is 14.0 Å². The van der Waals surface area contributed by atoms with Crippen molar-refractivity contribution in [3.63, 3.8) is 0 Å². The number of carbonyl (C=O) groups excluding carboxylic acids is 1. The Kier molecular flexibility index (Phi) is 6.74. The first-order valence-electron chi connectivity index (χ1n) is 10.4. The molecule has 1 aliphatic rings. The van der Waals surface area contributed by atoms with Crippen molar-refractivity contribution in [3.05, 3.63) is 45.3 Å². The number of aromatic amines is 1. The van der Waals surface area contributed by atoms with Crippen LogP contribution in [0.3, 0.4) is 0 Å². The van der Waals surface area contributed by atoms with E-state index < -0.39 is 0 Å². The third kappa shape index (κ3) is 4.99. The largest absolute Gasteiger partial charge is 0.353 e. The highest BCUT2D eigenvalue weighted by atomic mass is 32.2. The molecule has 6 nitrogen and oxygen atoms in total. The molecule has 0 atom stereocenters. The van der Waals surface area contributed by atoms with E-state index in [1.165, 1.54) is 35.2 Å². The summed E-state index contributed by atoms with van der Waals surface area (Å²) in [5.74, 6) is -0.157. The summed E-state index contributed by atoms with van der Waals surface area (Å²) in [6.07, 6.45) is 1.93. The van der Waals surface area contributed by atoms with Crippen molar-refractivity contribution in [2.75, 3.05) is 25.4 Å². The molecular formula is C22H25FN4O2S2. The lowest BCUT2D eigenvalue weighted by Gasteiger charge is -2.31. The van der Waals surface area contributed by atoms with Gasteiger partial charge in [0.05, 0.1) is 11.1 Å². The van der Waals surface area contributed by atoms with Crippen molar-refractivity contribution in [1.29, 1.82) is 0 Å². The fraction of sp³-hybridized carbons (Fsp3) is 0.409. The van der Waals surface area contributed by atoms with E-state index in [0.29, 0.717) is 15.4 Å². The molecule has 0 bridgehead atoms. The number of nitrogens with zero attached hydrogens (tertiary/aromatic N) is 2. The van der Waals surface area contributed by atoms with Gasteiger partial charge in [-0.05, 0) is 44.0 Å². The minimum Gasteiger partial charge on any atom is -0.353 e. The molecule has 1 aromatic carbocycles. The quantitative estimate of drug-likeness (QED) is 0.432. The van der Waals surface area contributed by atoms with Crippen LogP contribution in [0.15, 0.2) is 34.2 Å². The summed E-state index contributed by atoms with van der Waals surface area (Å²) in [5, 5.41) is 4.03. The van der Waals surface area contributed by atoms with Crippen molar-refractivity contribution in [3.8, 4) is 11.1 Å². The molecule has 2 aromatic heterocycles. The number of piperidine rings is 1. The van der Waals surface area contributed by atoms with E-state index in [1.807, 2.05) is 6.92 Å². The number of benzene rings is 1. The van der Waals surface area contributed by atoms with Crippen LogP contribution in [0.25, 0.3) is 21.3 Å². The maximum atomic E-state index is 13.3. The number of aromatic nitrogens is 2. The summed E-state index contributed by atoms with van der Waals surface area (Å²) in [5.41, 5.74) is 1.32. The van der Waals surface area contributed by atoms with Gasteiger partial charge < -0.3 is 15.2 Å². The number of halogens is 1. The molecule has 9 heteroatoms. The fourth-order valence-electron chi connectivity index (χ4n) is 3.93. The fourth-order valence-corrected chi connectivity index (χ4v) is 5.70. The number of thioether (sulfide) groups is 1. The average molecular weight is 461 g/mol. The van der Waals surface area contributed by atoms with Gasteiger partial charge in [-0.15, -0.1) is 11.3 Å². The van der Waals surface area contributed by atoms with E-state index in [-0.39, 0.29) is 29.1 Å². The van der Waals surface area contributed by atoms with Gasteiger partial charge in [-0.1, -0.05) is 30.8 Å². The molecule has 3 aromatic rings. The number of rotatable bonds is 6. The van der Waals surface area contributed by atoms with Gasteiger partial charge in [-0.3, -0.25) is 9.59 Å². The summed E-state index contributed by atoms with van der Waals surface area (Å²) in [6, 6.07) is 6.31. The minimum atomic E-state index is -0.319. The van der Waals surface area contributed by atoms with Crippen molar-refractivity contribution < 1.29 is 9.18 Å². The van der Waals surface area contributed by atoms with E-state index in [2.05, 4.69) is 27.1 Å². The van der Waals surface area contributed by atoms with Gasteiger partial charge in [-0.2, -0.15) is 0 Å². The maximum absolute atomic E-state index is 13.3. The summed E-state index contributed by atoms with van der Waals surface area (Å²) >= 11 is 2.66. The summed E-state index contributed by atoms with van der Waals surface area (Å²) < 4.78 is 13.3. The van der Waals surface area contributed by atoms with Crippen LogP contribution in [0.4, 0.5) is 4.39 Å². The highest BCUT2D eigenvalue weighted by Gasteiger charge is 2.20. The van der Waals surface area contributed by atoms with Crippen molar-refractivity contribution in [1.82, 2.24) is 20.2 Å². The maximum Gasteiger partial charge on any atom is 0.260 e. The molecule has 31 heavy (non-hydrogen) atoms. The smallest absolute Gasteiger partial charge is 0.260 e. The number of H-pyrrole nitrogens is 1. The number of aryl methyl sites for hydroxylation is 1. The number of thiophene rings is 1. The van der Waals surface area contributed by atoms with E-state index >= 15 is 0 Å². The van der Waals surface area contributed by atoms with Crippen LogP contribution in [-0.4, -0.2) is 52.2 Å². The molecule has 1 aliphatic heterocycles. The van der Waals surface area contributed by atoms with Crippen molar-refractivity contribution in [2.45, 2.75) is 37.9 Å². The average Bonchev–Trinajstić information content (AvgIpc) is 3.10. The molecule has 3 heterocycles. The Balaban J connectivity index is 1.45. The first kappa shape index (κ1) is 22.0. The zero-order valence-corrected chi connectivity index (χ0v) is 19.2. The van der Waals surface area contributed by atoms with Crippen molar-refractivity contribution >= 4 is 39.2 Å². The second-order valence-electron chi connectivity index (χ2n) is 7.66. The molecule has 1 fully saturated rings. The van der Waals surface area contributed by atoms with Crippen molar-refractivity contribution in [2.24, 2.45) is 0 Å².